The number of phenols is 1. The molecule has 0 unspecified atom stereocenters. The minimum absolute atomic E-state index is 0.0451. The molecule has 0 saturated carbocycles. The van der Waals surface area contributed by atoms with Crippen LogP contribution in [0.5, 0.6) is 11.5 Å². The number of nitrogens with one attached hydrogen (secondary N) is 6. The van der Waals surface area contributed by atoms with E-state index in [0.717, 1.165) is 11.1 Å². The van der Waals surface area contributed by atoms with E-state index in [2.05, 4.69) is 16.0 Å². The van der Waals surface area contributed by atoms with E-state index < -0.39 is 11.4 Å². The fourth-order valence-electron chi connectivity index (χ4n) is 4.74. The van der Waals surface area contributed by atoms with Crippen molar-refractivity contribution in [2.45, 2.75) is 59.6 Å². The number of rotatable bonds is 8. The zero-order valence-electron chi connectivity index (χ0n) is 25.6. The van der Waals surface area contributed by atoms with Gasteiger partial charge in [0.1, 0.15) is 34.7 Å². The van der Waals surface area contributed by atoms with Crippen LogP contribution in [0, 0.1) is 27.6 Å². The van der Waals surface area contributed by atoms with Crippen molar-refractivity contribution in [3.05, 3.63) is 94.3 Å². The van der Waals surface area contributed by atoms with Crippen LogP contribution < -0.4 is 26.2 Å². The van der Waals surface area contributed by atoms with Gasteiger partial charge in [0.2, 0.25) is 0 Å². The molecule has 4 rings (SSSR count). The normalized spacial score (nSPS) is 16.6. The maximum absolute atomic E-state index is 13.3. The maximum Gasteiger partial charge on any atom is 0.320 e. The van der Waals surface area contributed by atoms with Gasteiger partial charge in [0.15, 0.2) is 0 Å². The first-order valence-corrected chi connectivity index (χ1v) is 14.9. The summed E-state index contributed by atoms with van der Waals surface area (Å²) in [6, 6.07) is 15.1. The van der Waals surface area contributed by atoms with Crippen molar-refractivity contribution in [2.75, 3.05) is 5.32 Å². The van der Waals surface area contributed by atoms with Gasteiger partial charge in [-0.1, -0.05) is 70.5 Å². The Morgan fingerprint density at radius 2 is 1.80 bits per heavy atom. The second-order valence-corrected chi connectivity index (χ2v) is 12.5. The largest absolute Gasteiger partial charge is 0.506 e. The Hall–Kier alpha value is -4.57. The number of hydrogen-bond donors (Lipinski definition) is 7. The highest BCUT2D eigenvalue weighted by Crippen LogP contribution is 2.38. The molecule has 1 aromatic heterocycles. The van der Waals surface area contributed by atoms with Gasteiger partial charge < -0.3 is 25.9 Å². The van der Waals surface area contributed by atoms with Crippen LogP contribution >= 0.6 is 11.6 Å². The van der Waals surface area contributed by atoms with E-state index in [4.69, 9.17) is 32.6 Å². The highest BCUT2D eigenvalue weighted by molar-refractivity contribution is 6.32. The molecule has 11 heteroatoms. The number of amides is 2. The third-order valence-electron chi connectivity index (χ3n) is 7.32. The van der Waals surface area contributed by atoms with Crippen molar-refractivity contribution in [3.8, 4) is 11.5 Å². The molecule has 0 aliphatic heterocycles. The first-order valence-electron chi connectivity index (χ1n) is 14.5. The number of ether oxygens (including phenoxy) is 1. The number of urea groups is 1. The number of anilines is 1. The number of pyridine rings is 1. The lowest BCUT2D eigenvalue weighted by atomic mass is 9.85. The summed E-state index contributed by atoms with van der Waals surface area (Å²) in [4.78, 5) is 13.3. The Kier molecular flexibility index (Phi) is 9.84. The van der Waals surface area contributed by atoms with E-state index in [1.54, 1.807) is 30.5 Å². The van der Waals surface area contributed by atoms with Crippen LogP contribution in [0.15, 0.2) is 72.7 Å². The van der Waals surface area contributed by atoms with Gasteiger partial charge in [-0.15, -0.1) is 0 Å². The van der Waals surface area contributed by atoms with Crippen molar-refractivity contribution < 1.29 is 14.6 Å². The van der Waals surface area contributed by atoms with Gasteiger partial charge in [0.05, 0.1) is 17.3 Å². The molecular formula is C33H40ClN7O3. The number of carbonyl (C=O) groups is 1. The van der Waals surface area contributed by atoms with Crippen LogP contribution in [0.1, 0.15) is 70.7 Å². The summed E-state index contributed by atoms with van der Waals surface area (Å²) >= 11 is 6.08. The Morgan fingerprint density at radius 1 is 1.09 bits per heavy atom. The molecule has 10 nitrogen and oxygen atoms in total. The molecule has 0 fully saturated rings. The molecule has 2 aromatic carbocycles. The molecule has 7 N–H and O–H groups in total. The van der Waals surface area contributed by atoms with Gasteiger partial charge in [-0.3, -0.25) is 20.7 Å². The molecule has 0 spiro atoms. The molecule has 232 valence electrons. The lowest BCUT2D eigenvalue weighted by Crippen LogP contribution is -2.41. The monoisotopic (exact) mass is 617 g/mol. The molecule has 0 radical (unpaired) electrons. The van der Waals surface area contributed by atoms with E-state index in [0.29, 0.717) is 35.8 Å². The number of fused-ring (bicyclic) bond motifs is 1. The van der Waals surface area contributed by atoms with Crippen molar-refractivity contribution in [1.82, 2.24) is 15.2 Å². The van der Waals surface area contributed by atoms with E-state index >= 15 is 0 Å². The summed E-state index contributed by atoms with van der Waals surface area (Å²) in [6.45, 7) is 9.56. The summed E-state index contributed by atoms with van der Waals surface area (Å²) < 4.78 is 7.91. The molecule has 1 aliphatic rings. The topological polar surface area (TPSA) is 159 Å². The molecule has 3 aromatic rings. The molecule has 2 amide bonds. The average molecular weight is 618 g/mol. The lowest BCUT2D eigenvalue weighted by molar-refractivity contribution is 0.171. The summed E-state index contributed by atoms with van der Waals surface area (Å²) in [6.07, 6.45) is 4.22. The molecule has 1 aliphatic carbocycles. The summed E-state index contributed by atoms with van der Waals surface area (Å²) in [5.74, 6) is 1.06. The maximum atomic E-state index is 13.3. The van der Waals surface area contributed by atoms with Gasteiger partial charge in [-0.05, 0) is 54.3 Å². The predicted octanol–water partition coefficient (Wildman–Crippen LogP) is 7.08. The molecule has 44 heavy (non-hydrogen) atoms. The van der Waals surface area contributed by atoms with Gasteiger partial charge in [0.25, 0.3) is 0 Å². The van der Waals surface area contributed by atoms with Gasteiger partial charge in [-0.2, -0.15) is 0 Å². The first-order chi connectivity index (χ1) is 20.7. The summed E-state index contributed by atoms with van der Waals surface area (Å²) in [5, 5.41) is 44.0. The number of nitrogens with zero attached hydrogens (tertiary/aromatic N) is 1. The van der Waals surface area contributed by atoms with Gasteiger partial charge >= 0.3 is 6.03 Å². The van der Waals surface area contributed by atoms with Crippen molar-refractivity contribution in [1.29, 1.82) is 16.2 Å². The number of halogens is 1. The van der Waals surface area contributed by atoms with Crippen molar-refractivity contribution in [2.24, 2.45) is 11.3 Å². The van der Waals surface area contributed by atoms with Gasteiger partial charge in [-0.25, -0.2) is 4.79 Å². The van der Waals surface area contributed by atoms with E-state index in [1.165, 1.54) is 16.7 Å². The predicted molar refractivity (Wildman–Crippen MR) is 174 cm³/mol. The number of phenolic OH excluding ortho intramolecular Hbond substituents is 1. The number of benzene rings is 2. The van der Waals surface area contributed by atoms with Crippen LogP contribution in [-0.4, -0.2) is 27.3 Å². The number of aromatic nitrogens is 1. The Morgan fingerprint density at radius 3 is 2.45 bits per heavy atom. The molecule has 0 bridgehead atoms. The fraction of sp³-hybridized carbons (Fsp3) is 0.333. The van der Waals surface area contributed by atoms with Crippen LogP contribution in [0.25, 0.3) is 0 Å². The highest BCUT2D eigenvalue weighted by Gasteiger charge is 2.30. The molecule has 1 heterocycles. The number of aromatic hydroxyl groups is 1. The third kappa shape index (κ3) is 7.87. The quantitative estimate of drug-likeness (QED) is 0.0818. The minimum Gasteiger partial charge on any atom is -0.506 e. The first kappa shape index (κ1) is 32.3. The van der Waals surface area contributed by atoms with Crippen molar-refractivity contribution >= 4 is 34.9 Å². The zero-order valence-corrected chi connectivity index (χ0v) is 26.3. The molecular weight excluding hydrogens is 578 g/mol. The SMILES string of the molecule is CC(C)C(=N)n1cc(O[C@H]2CC[C@H](NC(=O)N/C(=C/C(=N)C(C)(C)C)Nc3ccc(O)c(Cl)c3)c3ccccc32)ccc1=N. The van der Waals surface area contributed by atoms with Crippen molar-refractivity contribution in [3.63, 3.8) is 0 Å². The van der Waals surface area contributed by atoms with Crippen LogP contribution in [0.3, 0.4) is 0 Å². The molecule has 2 atom stereocenters. The second kappa shape index (κ2) is 13.4. The van der Waals surface area contributed by atoms with Gasteiger partial charge in [0, 0.05) is 28.8 Å². The lowest BCUT2D eigenvalue weighted by Gasteiger charge is -2.32. The Bertz CT molecular complexity index is 1660. The second-order valence-electron chi connectivity index (χ2n) is 12.1. The highest BCUT2D eigenvalue weighted by atomic mass is 35.5. The minimum atomic E-state index is -0.454. The number of hydrogen-bond acceptors (Lipinski definition) is 7. The van der Waals surface area contributed by atoms with Crippen LogP contribution in [0.4, 0.5) is 10.5 Å². The average Bonchev–Trinajstić information content (AvgIpc) is 2.96. The Labute approximate surface area is 262 Å². The third-order valence-corrected chi connectivity index (χ3v) is 7.62. The zero-order chi connectivity index (χ0) is 32.2. The summed E-state index contributed by atoms with van der Waals surface area (Å²) in [5.41, 5.74) is 2.48. The van der Waals surface area contributed by atoms with Crippen LogP contribution in [0.2, 0.25) is 5.02 Å². The van der Waals surface area contributed by atoms with E-state index in [-0.39, 0.29) is 40.1 Å². The van der Waals surface area contributed by atoms with E-state index in [1.807, 2.05) is 58.9 Å². The Balaban J connectivity index is 1.52. The standard InChI is InChI=1S/C33H40ClN7O3/c1-19(2)31(37)41-18-21(11-15-29(41)36)44-27-14-12-25(22-8-6-7-9-23(22)27)39-32(43)40-30(17-28(35)33(3,4)5)38-20-10-13-26(42)24(34)16-20/h6-11,13,15-19,25,27,35-38,42H,12,14H2,1-5H3,(H2,39,40,43)/b30-17+,35-28?,36-29?,37-31?/t25-,27-/m0/s1. The summed E-state index contributed by atoms with van der Waals surface area (Å²) in [7, 11) is 0. The van der Waals surface area contributed by atoms with E-state index in [9.17, 15) is 9.90 Å². The fourth-order valence-corrected chi connectivity index (χ4v) is 4.92. The number of carbonyl (C=O) groups excluding carboxylic acids is 1. The van der Waals surface area contributed by atoms with Crippen LogP contribution in [-0.2, 0) is 0 Å². The smallest absolute Gasteiger partial charge is 0.320 e. The number of allylic oxidation sites excluding steroid dienone is 1. The molecule has 0 saturated heterocycles.